The van der Waals surface area contributed by atoms with Crippen molar-refractivity contribution in [2.75, 3.05) is 192 Å². The number of hydrogen-bond donors (Lipinski definition) is 1. The van der Waals surface area contributed by atoms with E-state index in [4.69, 9.17) is 79.4 Å². The first kappa shape index (κ1) is 88.5. The normalized spacial score (nSPS) is 19.2. The Bertz CT molecular complexity index is 4300. The maximum absolute atomic E-state index is 12.9. The molecule has 594 valence electrons. The number of anilines is 4. The molecule has 1 N–H and O–H groups in total. The fraction of sp³-hybridized carbons (Fsp3) is 0.482. The Hall–Kier alpha value is -5.32. The average Bonchev–Trinajstić information content (AvgIpc) is 1.36. The molecule has 30 heteroatoms. The van der Waals surface area contributed by atoms with Gasteiger partial charge in [-0.1, -0.05) is 109 Å². The quantitative estimate of drug-likeness (QED) is 0.0240. The van der Waals surface area contributed by atoms with Crippen LogP contribution in [0, 0.1) is 23.7 Å². The van der Waals surface area contributed by atoms with Crippen LogP contribution in [0.15, 0.2) is 133 Å². The van der Waals surface area contributed by atoms with Gasteiger partial charge in [-0.05, 0) is 108 Å². The third-order valence-corrected chi connectivity index (χ3v) is 21.7. The van der Waals surface area contributed by atoms with Crippen molar-refractivity contribution in [1.29, 1.82) is 0 Å². The van der Waals surface area contributed by atoms with Gasteiger partial charge in [0, 0.05) is 171 Å². The average molecular weight is 1810 g/mol. The van der Waals surface area contributed by atoms with Gasteiger partial charge >= 0.3 is 156 Å². The molecule has 27 nitrogen and oxygen atoms in total. The molecule has 0 radical (unpaired) electrons. The standard InChI is InChI=1S/C39H46N6O5.C31H32ClN5O4.C8H15NO.C4H8O2.CH2O3.2Cs.H/c1-47-27-50-32-21-29-10-5-6-11-33(29)36(22-32)45-14-12-34-35(25-45)40-38(48-19-7-13-42-23-30-20-31(30)24-42)41-37(34)43-15-17-44(18-16-43)39(46)49-26-28-8-3-2-4-9-28;1-39-21-41-24-17-23-9-5-6-10-25(23)28(18-24)37-12-11-26-27(19-37)33-30(32)34-29(26)35-13-15-36(16-14-35)31(38)40-20-22-7-3-2-4-8-22;10-3-1-2-9-5-7-4-8(7)6-9;1-2-6-4-3-5-1;2-1-4-3;;;/h2-6,8-11,21-22,30-31H,7,12-20,23-27H2,1H3;2-10,17-18H,11-16,19-21H2,1H3;7-8,10H,1-6H2;1-4H2;1,3H;;;/q;;;;;2*+1;-1/p-1. The maximum Gasteiger partial charge on any atom is 1.00 e. The first-order chi connectivity index (χ1) is 54.5. The molecule has 4 unspecified atom stereocenters. The molecule has 2 aromatic heterocycles. The number of fused-ring (bicyclic) bond motifs is 6. The Kier molecular flexibility index (Phi) is 35.7. The summed E-state index contributed by atoms with van der Waals surface area (Å²) in [6.07, 6.45) is 5.80. The maximum atomic E-state index is 12.9. The number of hydrogen-bond acceptors (Lipinski definition) is 25. The molecule has 2 saturated carbocycles. The van der Waals surface area contributed by atoms with Crippen molar-refractivity contribution in [3.8, 4) is 17.5 Å². The number of piperidine rings is 2. The minimum Gasteiger partial charge on any atom is -1.00 e. The van der Waals surface area contributed by atoms with Gasteiger partial charge in [0.2, 0.25) is 5.28 Å². The number of halogens is 1. The molecule has 2 amide bonds. The number of methoxy groups -OCH3 is 2. The van der Waals surface area contributed by atoms with Crippen LogP contribution < -0.4 is 177 Å². The number of nitrogens with zero attached hydrogens (tertiary/aromatic N) is 12. The summed E-state index contributed by atoms with van der Waals surface area (Å²) in [4.78, 5) is 74.0. The van der Waals surface area contributed by atoms with E-state index in [1.54, 1.807) is 24.0 Å². The van der Waals surface area contributed by atoms with Crippen LogP contribution in [0.4, 0.5) is 32.6 Å². The van der Waals surface area contributed by atoms with Gasteiger partial charge in [-0.25, -0.2) is 19.6 Å². The molecular formula is C83H103ClCs2N12O15. The second-order valence-electron chi connectivity index (χ2n) is 29.0. The molecule has 17 rings (SSSR count). The first-order valence-electron chi connectivity index (χ1n) is 38.7. The largest absolute Gasteiger partial charge is 1.00 e. The minimum absolute atomic E-state index is 0. The van der Waals surface area contributed by atoms with E-state index >= 15 is 0 Å². The summed E-state index contributed by atoms with van der Waals surface area (Å²) in [5.74, 6) is 7.25. The third kappa shape index (κ3) is 25.4. The van der Waals surface area contributed by atoms with Gasteiger partial charge in [0.15, 0.2) is 13.6 Å². The number of rotatable bonds is 23. The van der Waals surface area contributed by atoms with E-state index < -0.39 is 0 Å². The molecule has 9 aliphatic rings. The fourth-order valence-corrected chi connectivity index (χ4v) is 15.8. The van der Waals surface area contributed by atoms with Crippen molar-refractivity contribution in [2.45, 2.75) is 64.8 Å². The number of aromatic nitrogens is 4. The van der Waals surface area contributed by atoms with Crippen molar-refractivity contribution >= 4 is 74.8 Å². The van der Waals surface area contributed by atoms with E-state index in [1.165, 1.54) is 44.4 Å². The van der Waals surface area contributed by atoms with Crippen molar-refractivity contribution in [2.24, 2.45) is 23.7 Å². The molecule has 7 aliphatic heterocycles. The van der Waals surface area contributed by atoms with Crippen LogP contribution in [0.1, 0.15) is 60.8 Å². The number of aliphatic hydroxyl groups excluding tert-OH is 1. The number of ether oxygens (including phenoxy) is 9. The smallest absolute Gasteiger partial charge is 1.00 e. The van der Waals surface area contributed by atoms with E-state index in [-0.39, 0.29) is 190 Å². The van der Waals surface area contributed by atoms with Gasteiger partial charge in [-0.15, -0.1) is 0 Å². The summed E-state index contributed by atoms with van der Waals surface area (Å²) in [5.41, 5.74) is 8.30. The predicted molar refractivity (Wildman–Crippen MR) is 420 cm³/mol. The molecule has 8 aromatic rings. The molecule has 113 heavy (non-hydrogen) atoms. The Morgan fingerprint density at radius 2 is 0.965 bits per heavy atom. The topological polar surface area (TPSA) is 264 Å². The molecule has 0 spiro atoms. The number of carbonyl (C=O) groups is 3. The van der Waals surface area contributed by atoms with E-state index in [2.05, 4.69) is 98.9 Å². The zero-order valence-electron chi connectivity index (χ0n) is 66.5. The summed E-state index contributed by atoms with van der Waals surface area (Å²) < 4.78 is 49.4. The van der Waals surface area contributed by atoms with Crippen LogP contribution >= 0.6 is 11.6 Å². The minimum atomic E-state index is -0.296. The van der Waals surface area contributed by atoms with E-state index in [0.29, 0.717) is 84.7 Å². The molecule has 0 bridgehead atoms. The molecule has 2 aliphatic carbocycles. The summed E-state index contributed by atoms with van der Waals surface area (Å²) in [6, 6.07) is 44.9. The molecule has 4 atom stereocenters. The molecule has 5 saturated heterocycles. The molecular weight excluding hydrogens is 1710 g/mol. The van der Waals surface area contributed by atoms with Crippen LogP contribution in [-0.4, -0.2) is 235 Å². The van der Waals surface area contributed by atoms with Gasteiger partial charge in [-0.2, -0.15) is 9.97 Å². The first-order valence-corrected chi connectivity index (χ1v) is 39.1. The van der Waals surface area contributed by atoms with Gasteiger partial charge in [0.25, 0.3) is 6.47 Å². The zero-order valence-corrected chi connectivity index (χ0v) is 78.9. The van der Waals surface area contributed by atoms with Crippen molar-refractivity contribution in [1.82, 2.24) is 39.5 Å². The number of piperazine rings is 2. The van der Waals surface area contributed by atoms with Crippen LogP contribution in [0.25, 0.3) is 21.5 Å². The summed E-state index contributed by atoms with van der Waals surface area (Å²) in [6.45, 7) is 19.7. The molecule has 6 aromatic carbocycles. The number of carbonyl (C=O) groups excluding carboxylic acids is 3. The van der Waals surface area contributed by atoms with Gasteiger partial charge in [0.1, 0.15) is 36.3 Å². The monoisotopic (exact) mass is 1810 g/mol. The van der Waals surface area contributed by atoms with Crippen molar-refractivity contribution < 1.29 is 211 Å². The van der Waals surface area contributed by atoms with Crippen LogP contribution in [0.5, 0.6) is 17.5 Å². The Balaban J connectivity index is 0.000000191. The van der Waals surface area contributed by atoms with E-state index in [9.17, 15) is 9.59 Å². The summed E-state index contributed by atoms with van der Waals surface area (Å²) in [7, 11) is 3.24. The number of aliphatic hydroxyl groups is 1. The number of benzene rings is 6. The summed E-state index contributed by atoms with van der Waals surface area (Å²) in [5, 5.41) is 21.8. The molecule has 9 heterocycles. The SMILES string of the molecule is C1COCCO1.COCOc1cc(N2CCc3c(nc(Cl)nc3N3CCN(C(=O)OCc4ccccc4)CC3)C2)c2ccccc2c1.COCOc1cc(N2CCc3c(nc(OCCCN4CC5CC5C4)nc3N3CCN(C(=O)OCc4ccccc4)CC3)C2)c2ccccc2c1.O=CO[O-].OCCCN1CC2CC2C1.[Cs+].[Cs+].[H-]. The van der Waals surface area contributed by atoms with E-state index in [0.717, 1.165) is 186 Å². The Morgan fingerprint density at radius 3 is 1.40 bits per heavy atom. The predicted octanol–water partition coefficient (Wildman–Crippen LogP) is 3.55. The molecule has 7 fully saturated rings. The number of amides is 2. The van der Waals surface area contributed by atoms with Crippen molar-refractivity contribution in [3.05, 3.63) is 172 Å². The summed E-state index contributed by atoms with van der Waals surface area (Å²) >= 11 is 6.46. The second kappa shape index (κ2) is 45.6. The van der Waals surface area contributed by atoms with Crippen LogP contribution in [-0.2, 0) is 77.2 Å². The Labute approximate surface area is 785 Å². The van der Waals surface area contributed by atoms with E-state index in [1.807, 2.05) is 78.9 Å². The van der Waals surface area contributed by atoms with Gasteiger partial charge < -0.3 is 98.5 Å². The van der Waals surface area contributed by atoms with Crippen LogP contribution in [0.3, 0.4) is 0 Å². The zero-order chi connectivity index (χ0) is 76.7. The third-order valence-electron chi connectivity index (χ3n) is 21.5. The van der Waals surface area contributed by atoms with Gasteiger partial charge in [0.05, 0.1) is 57.5 Å². The van der Waals surface area contributed by atoms with Gasteiger partial charge in [-0.3, -0.25) is 4.79 Å². The van der Waals surface area contributed by atoms with Crippen LogP contribution in [0.2, 0.25) is 5.28 Å². The fourth-order valence-electron chi connectivity index (χ4n) is 15.6. The number of likely N-dealkylation sites (tertiary alicyclic amines) is 2. The second-order valence-corrected chi connectivity index (χ2v) is 29.4. The van der Waals surface area contributed by atoms with Crippen molar-refractivity contribution in [3.63, 3.8) is 0 Å². The Morgan fingerprint density at radius 1 is 0.540 bits per heavy atom.